The summed E-state index contributed by atoms with van der Waals surface area (Å²) in [6.07, 6.45) is -5.77. The fourth-order valence-corrected chi connectivity index (χ4v) is 3.02. The van der Waals surface area contributed by atoms with Crippen LogP contribution in [0.2, 0.25) is 0 Å². The van der Waals surface area contributed by atoms with E-state index < -0.39 is 19.4 Å². The van der Waals surface area contributed by atoms with E-state index in [1.54, 1.807) is 30.3 Å². The molecule has 0 spiro atoms. The van der Waals surface area contributed by atoms with Gasteiger partial charge >= 0.3 is 6.36 Å². The zero-order chi connectivity index (χ0) is 21.0. The summed E-state index contributed by atoms with van der Waals surface area (Å²) >= 11 is 3.37. The van der Waals surface area contributed by atoms with E-state index in [1.807, 2.05) is 0 Å². The number of hydrogen-bond acceptors (Lipinski definition) is 4. The zero-order valence-electron chi connectivity index (χ0n) is 14.6. The molecule has 1 heterocycles. The van der Waals surface area contributed by atoms with E-state index in [2.05, 4.69) is 31.0 Å². The van der Waals surface area contributed by atoms with Gasteiger partial charge in [-0.3, -0.25) is 9.72 Å². The molecule has 10 heteroatoms. The Morgan fingerprint density at radius 3 is 2.48 bits per heavy atom. The third-order valence-electron chi connectivity index (χ3n) is 3.85. The maximum absolute atomic E-state index is 12.9. The van der Waals surface area contributed by atoms with Crippen molar-refractivity contribution < 1.29 is 31.4 Å². The molecular weight excluding hydrogens is 463 g/mol. The van der Waals surface area contributed by atoms with Crippen molar-refractivity contribution in [2.24, 2.45) is 0 Å². The fourth-order valence-electron chi connectivity index (χ4n) is 2.56. The second kappa shape index (κ2) is 8.91. The van der Waals surface area contributed by atoms with Gasteiger partial charge in [0.05, 0.1) is 17.8 Å². The zero-order valence-corrected chi connectivity index (χ0v) is 16.2. The number of rotatable bonds is 7. The van der Waals surface area contributed by atoms with Gasteiger partial charge in [0.2, 0.25) is 0 Å². The van der Waals surface area contributed by atoms with Gasteiger partial charge in [-0.1, -0.05) is 12.1 Å². The van der Waals surface area contributed by atoms with Gasteiger partial charge in [0.1, 0.15) is 12.4 Å². The minimum absolute atomic E-state index is 0.112. The Labute approximate surface area is 170 Å². The second-order valence-electron chi connectivity index (χ2n) is 5.85. The van der Waals surface area contributed by atoms with Crippen molar-refractivity contribution in [3.8, 4) is 5.75 Å². The topological polar surface area (TPSA) is 43.4 Å². The number of fused-ring (bicyclic) bond motifs is 1. The molecule has 0 bridgehead atoms. The molecule has 3 rings (SSSR count). The van der Waals surface area contributed by atoms with Crippen LogP contribution in [0.5, 0.6) is 5.75 Å². The molecule has 2 aromatic carbocycles. The number of ether oxygens (including phenoxy) is 2. The molecule has 29 heavy (non-hydrogen) atoms. The lowest BCUT2D eigenvalue weighted by Crippen LogP contribution is -2.18. The monoisotopic (exact) mass is 476 g/mol. The van der Waals surface area contributed by atoms with Gasteiger partial charge in [0.25, 0.3) is 6.43 Å². The normalized spacial score (nSPS) is 11.8. The van der Waals surface area contributed by atoms with Gasteiger partial charge < -0.3 is 10.1 Å². The van der Waals surface area contributed by atoms with Gasteiger partial charge in [-0.25, -0.2) is 8.78 Å². The Kier molecular flexibility index (Phi) is 6.53. The van der Waals surface area contributed by atoms with Crippen LogP contribution in [-0.2, 0) is 4.74 Å². The molecule has 0 aliphatic carbocycles. The number of pyridine rings is 1. The molecule has 0 radical (unpaired) electrons. The van der Waals surface area contributed by atoms with Gasteiger partial charge in [-0.05, 0) is 46.3 Å². The number of nitrogens with one attached hydrogen (secondary N) is 1. The smallest absolute Gasteiger partial charge is 0.491 e. The summed E-state index contributed by atoms with van der Waals surface area (Å²) in [4.78, 5) is 4.13. The minimum Gasteiger partial charge on any atom is -0.491 e. The lowest BCUT2D eigenvalue weighted by Gasteiger charge is -2.13. The Morgan fingerprint density at radius 1 is 1.00 bits per heavy atom. The van der Waals surface area contributed by atoms with Crippen molar-refractivity contribution in [1.29, 1.82) is 0 Å². The van der Waals surface area contributed by atoms with Crippen molar-refractivity contribution in [3.05, 3.63) is 58.7 Å². The van der Waals surface area contributed by atoms with Crippen LogP contribution in [-0.4, -0.2) is 24.6 Å². The molecule has 4 nitrogen and oxygen atoms in total. The van der Waals surface area contributed by atoms with Crippen molar-refractivity contribution in [1.82, 2.24) is 4.98 Å². The molecule has 0 amide bonds. The highest BCUT2D eigenvalue weighted by Gasteiger charge is 2.28. The van der Waals surface area contributed by atoms with Crippen LogP contribution in [0, 0.1) is 0 Å². The predicted octanol–water partition coefficient (Wildman–Crippen LogP) is 6.59. The van der Waals surface area contributed by atoms with Gasteiger partial charge in [0.15, 0.2) is 0 Å². The highest BCUT2D eigenvalue weighted by molar-refractivity contribution is 9.10. The van der Waals surface area contributed by atoms with E-state index in [9.17, 15) is 22.0 Å². The summed E-state index contributed by atoms with van der Waals surface area (Å²) in [6.45, 7) is -0.884. The maximum Gasteiger partial charge on any atom is 0.522 e. The van der Waals surface area contributed by atoms with Gasteiger partial charge in [-0.15, -0.1) is 13.2 Å². The summed E-state index contributed by atoms with van der Waals surface area (Å²) in [7, 11) is 0. The van der Waals surface area contributed by atoms with E-state index in [0.29, 0.717) is 32.5 Å². The molecular formula is C19H14BrF5N2O2. The molecule has 1 N–H and O–H groups in total. The molecule has 0 unspecified atom stereocenters. The molecule has 0 fully saturated rings. The molecule has 0 saturated heterocycles. The van der Waals surface area contributed by atoms with E-state index in [1.165, 1.54) is 18.3 Å². The molecule has 0 saturated carbocycles. The summed E-state index contributed by atoms with van der Waals surface area (Å²) in [5.41, 5.74) is 1.62. The van der Waals surface area contributed by atoms with Crippen LogP contribution >= 0.6 is 15.9 Å². The van der Waals surface area contributed by atoms with Crippen LogP contribution in [0.3, 0.4) is 0 Å². The number of anilines is 2. The lowest BCUT2D eigenvalue weighted by molar-refractivity contribution is -0.325. The average Bonchev–Trinajstić information content (AvgIpc) is 2.66. The summed E-state index contributed by atoms with van der Waals surface area (Å²) in [5.74, 6) is 0.356. The standard InChI is InChI=1S/C19H14BrF5N2O2/c20-14-10-12(28-7-8-29-19(23,24)25)2-4-16(14)27-15-5-6-26-17-9-11(18(21)22)1-3-13(15)17/h1-6,9-10,18H,7-8H2,(H,26,27). The Hall–Kier alpha value is -2.46. The number of alkyl halides is 5. The minimum atomic E-state index is -4.69. The van der Waals surface area contributed by atoms with Crippen LogP contribution in [0.25, 0.3) is 10.9 Å². The third kappa shape index (κ3) is 5.77. The summed E-state index contributed by atoms with van der Waals surface area (Å²) in [5, 5.41) is 3.84. The van der Waals surface area contributed by atoms with Gasteiger partial charge in [0, 0.05) is 27.3 Å². The number of aromatic nitrogens is 1. The first-order valence-electron chi connectivity index (χ1n) is 8.30. The molecule has 1 aromatic heterocycles. The van der Waals surface area contributed by atoms with E-state index in [0.717, 1.165) is 0 Å². The number of hydrogen-bond donors (Lipinski definition) is 1. The van der Waals surface area contributed by atoms with E-state index in [4.69, 9.17) is 4.74 Å². The number of nitrogens with zero attached hydrogens (tertiary/aromatic N) is 1. The fraction of sp³-hybridized carbons (Fsp3) is 0.211. The second-order valence-corrected chi connectivity index (χ2v) is 6.70. The van der Waals surface area contributed by atoms with Crippen molar-refractivity contribution in [3.63, 3.8) is 0 Å². The average molecular weight is 477 g/mol. The Bertz CT molecular complexity index is 998. The molecule has 0 aliphatic heterocycles. The molecule has 3 aromatic rings. The van der Waals surface area contributed by atoms with Crippen molar-refractivity contribution in [2.45, 2.75) is 12.8 Å². The van der Waals surface area contributed by atoms with Crippen molar-refractivity contribution >= 4 is 38.2 Å². The first-order chi connectivity index (χ1) is 13.7. The van der Waals surface area contributed by atoms with E-state index in [-0.39, 0.29) is 12.2 Å². The van der Waals surface area contributed by atoms with Crippen LogP contribution in [0.4, 0.5) is 33.3 Å². The SMILES string of the molecule is FC(F)c1ccc2c(Nc3ccc(OCCOC(F)(F)F)cc3Br)ccnc2c1. The molecule has 0 aliphatic rings. The largest absolute Gasteiger partial charge is 0.522 e. The van der Waals surface area contributed by atoms with Crippen molar-refractivity contribution in [2.75, 3.05) is 18.5 Å². The molecule has 154 valence electrons. The quantitative estimate of drug-likeness (QED) is 0.308. The number of benzene rings is 2. The lowest BCUT2D eigenvalue weighted by atomic mass is 10.1. The van der Waals surface area contributed by atoms with Crippen LogP contribution in [0.15, 0.2) is 53.1 Å². The van der Waals surface area contributed by atoms with Crippen LogP contribution < -0.4 is 10.1 Å². The van der Waals surface area contributed by atoms with E-state index >= 15 is 0 Å². The Balaban J connectivity index is 1.72. The first-order valence-corrected chi connectivity index (χ1v) is 9.09. The predicted molar refractivity (Wildman–Crippen MR) is 102 cm³/mol. The number of halogens is 6. The summed E-state index contributed by atoms with van der Waals surface area (Å²) < 4.78 is 71.1. The maximum atomic E-state index is 12.9. The third-order valence-corrected chi connectivity index (χ3v) is 4.50. The molecule has 0 atom stereocenters. The highest BCUT2D eigenvalue weighted by atomic mass is 79.9. The summed E-state index contributed by atoms with van der Waals surface area (Å²) in [6, 6.07) is 10.8. The van der Waals surface area contributed by atoms with Crippen LogP contribution in [0.1, 0.15) is 12.0 Å². The highest BCUT2D eigenvalue weighted by Crippen LogP contribution is 2.33. The first kappa shape index (κ1) is 21.3. The Morgan fingerprint density at radius 2 is 1.79 bits per heavy atom. The van der Waals surface area contributed by atoms with Gasteiger partial charge in [-0.2, -0.15) is 0 Å².